The molecule has 35 heavy (non-hydrogen) atoms. The van der Waals surface area contributed by atoms with Crippen LogP contribution in [0.1, 0.15) is 39.4 Å². The number of nitrogens with two attached hydrogens (primary N) is 1. The summed E-state index contributed by atoms with van der Waals surface area (Å²) in [6, 6.07) is 9.01. The molecular formula is C24H25ClFN5O3S. The number of primary amides is 1. The summed E-state index contributed by atoms with van der Waals surface area (Å²) >= 11 is 7.48. The monoisotopic (exact) mass is 517 g/mol. The van der Waals surface area contributed by atoms with Crippen molar-refractivity contribution >= 4 is 34.5 Å². The van der Waals surface area contributed by atoms with Gasteiger partial charge in [0.15, 0.2) is 4.88 Å². The van der Waals surface area contributed by atoms with Crippen molar-refractivity contribution in [2.45, 2.75) is 26.2 Å². The number of hydrogen-bond donors (Lipinski definition) is 2. The lowest BCUT2D eigenvalue weighted by Crippen LogP contribution is -2.20. The lowest BCUT2D eigenvalue weighted by molar-refractivity contribution is 0.0997. The number of aliphatic hydroxyl groups excluding tert-OH is 1. The molecule has 4 aromatic rings. The predicted octanol–water partition coefficient (Wildman–Crippen LogP) is 4.24. The molecule has 1 unspecified atom stereocenters. The Bertz CT molecular complexity index is 1360. The maximum atomic E-state index is 12.7. The van der Waals surface area contributed by atoms with Crippen molar-refractivity contribution in [3.8, 4) is 16.6 Å². The number of aromatic nitrogens is 3. The third-order valence-corrected chi connectivity index (χ3v) is 6.90. The van der Waals surface area contributed by atoms with E-state index in [0.29, 0.717) is 45.6 Å². The van der Waals surface area contributed by atoms with Crippen LogP contribution < -0.4 is 10.5 Å². The highest BCUT2D eigenvalue weighted by atomic mass is 35.5. The molecule has 0 bridgehead atoms. The van der Waals surface area contributed by atoms with E-state index in [2.05, 4.69) is 9.97 Å². The number of hydrogen-bond acceptors (Lipinski definition) is 7. The number of ether oxygens (including phenoxy) is 1. The third-order valence-electron chi connectivity index (χ3n) is 5.50. The van der Waals surface area contributed by atoms with Gasteiger partial charge in [-0.15, -0.1) is 11.3 Å². The molecule has 11 heteroatoms. The summed E-state index contributed by atoms with van der Waals surface area (Å²) in [7, 11) is 1.85. The second kappa shape index (κ2) is 10.7. The van der Waals surface area contributed by atoms with Gasteiger partial charge in [0.25, 0.3) is 5.91 Å². The van der Waals surface area contributed by atoms with Crippen LogP contribution in [-0.4, -0.2) is 50.5 Å². The lowest BCUT2D eigenvalue weighted by atomic mass is 10.1. The number of carbonyl (C=O) groups is 1. The van der Waals surface area contributed by atoms with Gasteiger partial charge in [0.2, 0.25) is 5.88 Å². The number of amides is 1. The average molecular weight is 518 g/mol. The van der Waals surface area contributed by atoms with E-state index in [1.165, 1.54) is 0 Å². The molecule has 4 rings (SSSR count). The summed E-state index contributed by atoms with van der Waals surface area (Å²) in [5, 5.41) is 10.3. The third kappa shape index (κ3) is 5.46. The summed E-state index contributed by atoms with van der Waals surface area (Å²) in [5.74, 6) is -0.541. The first kappa shape index (κ1) is 25.1. The molecule has 3 N–H and O–H groups in total. The molecule has 0 fully saturated rings. The number of thiazole rings is 1. The first-order chi connectivity index (χ1) is 16.8. The smallest absolute Gasteiger partial charge is 0.264 e. The normalized spacial score (nSPS) is 12.4. The van der Waals surface area contributed by atoms with Crippen LogP contribution in [0.2, 0.25) is 5.02 Å². The average Bonchev–Trinajstić information content (AvgIpc) is 3.42. The molecule has 0 saturated carbocycles. The Balaban J connectivity index is 1.66. The van der Waals surface area contributed by atoms with Crippen molar-refractivity contribution in [3.63, 3.8) is 0 Å². The number of pyridine rings is 1. The largest absolute Gasteiger partial charge is 0.469 e. The summed E-state index contributed by atoms with van der Waals surface area (Å²) in [6.45, 7) is 2.17. The van der Waals surface area contributed by atoms with Gasteiger partial charge in [0.05, 0.1) is 12.8 Å². The zero-order valence-corrected chi connectivity index (χ0v) is 20.8. The van der Waals surface area contributed by atoms with E-state index >= 15 is 0 Å². The number of benzene rings is 1. The molecule has 3 aromatic heterocycles. The number of halogens is 2. The molecule has 0 spiro atoms. The van der Waals surface area contributed by atoms with Crippen molar-refractivity contribution in [2.75, 3.05) is 20.3 Å². The predicted molar refractivity (Wildman–Crippen MR) is 134 cm³/mol. The van der Waals surface area contributed by atoms with Crippen LogP contribution >= 0.6 is 22.9 Å². The Morgan fingerprint density at radius 3 is 2.80 bits per heavy atom. The van der Waals surface area contributed by atoms with Gasteiger partial charge in [-0.25, -0.2) is 9.37 Å². The van der Waals surface area contributed by atoms with Gasteiger partial charge in [0.1, 0.15) is 29.1 Å². The fourth-order valence-corrected chi connectivity index (χ4v) is 4.91. The molecule has 1 amide bonds. The lowest BCUT2D eigenvalue weighted by Gasteiger charge is -2.16. The minimum Gasteiger partial charge on any atom is -0.469 e. The molecule has 184 valence electrons. The van der Waals surface area contributed by atoms with Crippen molar-refractivity contribution in [3.05, 3.63) is 69.3 Å². The fourth-order valence-electron chi connectivity index (χ4n) is 3.69. The molecule has 8 nitrogen and oxygen atoms in total. The zero-order valence-electron chi connectivity index (χ0n) is 19.2. The molecule has 1 aromatic carbocycles. The molecule has 0 saturated heterocycles. The minimum absolute atomic E-state index is 0.112. The van der Waals surface area contributed by atoms with E-state index in [1.807, 2.05) is 34.7 Å². The summed E-state index contributed by atoms with van der Waals surface area (Å²) in [6.07, 6.45) is 3.07. The van der Waals surface area contributed by atoms with Crippen LogP contribution in [0, 0.1) is 0 Å². The number of rotatable bonds is 10. The van der Waals surface area contributed by atoms with Crippen LogP contribution in [0.3, 0.4) is 0 Å². The Hall–Kier alpha value is -3.05. The van der Waals surface area contributed by atoms with Gasteiger partial charge in [0, 0.05) is 29.9 Å². The zero-order chi connectivity index (χ0) is 25.1. The van der Waals surface area contributed by atoms with E-state index < -0.39 is 18.7 Å². The quantitative estimate of drug-likeness (QED) is 0.326. The van der Waals surface area contributed by atoms with Crippen LogP contribution in [0.15, 0.2) is 42.7 Å². The first-order valence-corrected chi connectivity index (χ1v) is 12.1. The maximum absolute atomic E-state index is 12.7. The van der Waals surface area contributed by atoms with E-state index in [4.69, 9.17) is 22.1 Å². The van der Waals surface area contributed by atoms with Gasteiger partial charge >= 0.3 is 0 Å². The number of imidazole rings is 1. The van der Waals surface area contributed by atoms with E-state index in [9.17, 15) is 14.3 Å². The van der Waals surface area contributed by atoms with Crippen LogP contribution in [-0.2, 0) is 13.2 Å². The highest BCUT2D eigenvalue weighted by Gasteiger charge is 2.23. The van der Waals surface area contributed by atoms with E-state index in [-0.39, 0.29) is 17.4 Å². The molecule has 1 atom stereocenters. The Morgan fingerprint density at radius 1 is 1.34 bits per heavy atom. The fraction of sp³-hybridized carbons (Fsp3) is 0.292. The molecule has 0 aliphatic carbocycles. The number of fused-ring (bicyclic) bond motifs is 1. The highest BCUT2D eigenvalue weighted by molar-refractivity contribution is 7.17. The van der Waals surface area contributed by atoms with E-state index in [0.717, 1.165) is 16.9 Å². The topological polar surface area (TPSA) is 106 Å². The number of nitrogens with zero attached hydrogens (tertiary/aromatic N) is 4. The summed E-state index contributed by atoms with van der Waals surface area (Å²) in [5.41, 5.74) is 9.35. The van der Waals surface area contributed by atoms with Gasteiger partial charge in [-0.3, -0.25) is 14.1 Å². The van der Waals surface area contributed by atoms with Crippen molar-refractivity contribution in [1.29, 1.82) is 0 Å². The molecular weight excluding hydrogens is 493 g/mol. The van der Waals surface area contributed by atoms with Gasteiger partial charge in [-0.2, -0.15) is 4.98 Å². The second-order valence-electron chi connectivity index (χ2n) is 8.13. The summed E-state index contributed by atoms with van der Waals surface area (Å²) in [4.78, 5) is 23.2. The number of alkyl halides is 1. The van der Waals surface area contributed by atoms with E-state index in [1.54, 1.807) is 31.3 Å². The Labute approximate surface area is 210 Å². The van der Waals surface area contributed by atoms with Crippen molar-refractivity contribution in [2.24, 2.45) is 5.73 Å². The molecule has 0 aliphatic heterocycles. The second-order valence-corrected chi connectivity index (χ2v) is 9.53. The Morgan fingerprint density at radius 2 is 2.11 bits per heavy atom. The Kier molecular flexibility index (Phi) is 7.66. The molecule has 0 radical (unpaired) electrons. The SMILES string of the molecule is CC(Oc1nc(-c2cnc3ccc(CN(C)CCF)cn23)sc1C(N)=O)c1ccc(CO)cc1Cl. The molecule has 0 aliphatic rings. The van der Waals surface area contributed by atoms with Crippen molar-refractivity contribution in [1.82, 2.24) is 19.3 Å². The van der Waals surface area contributed by atoms with Crippen LogP contribution in [0.5, 0.6) is 5.88 Å². The van der Waals surface area contributed by atoms with Crippen molar-refractivity contribution < 1.29 is 19.0 Å². The van der Waals surface area contributed by atoms with Crippen LogP contribution in [0.4, 0.5) is 4.39 Å². The first-order valence-electron chi connectivity index (χ1n) is 10.9. The number of aliphatic hydroxyl groups is 1. The maximum Gasteiger partial charge on any atom is 0.264 e. The number of carbonyl (C=O) groups excluding carboxylic acids is 1. The van der Waals surface area contributed by atoms with Crippen LogP contribution in [0.25, 0.3) is 16.3 Å². The highest BCUT2D eigenvalue weighted by Crippen LogP contribution is 2.36. The van der Waals surface area contributed by atoms with Gasteiger partial charge < -0.3 is 15.6 Å². The standard InChI is InChI=1S/C24H25ClFN5O3S/c1-14(17-5-3-15(13-32)9-18(17)25)34-23-21(22(27)33)35-24(29-23)19-10-28-20-6-4-16(12-31(19)20)11-30(2)8-7-26/h3-6,9-10,12,14,32H,7-8,11,13H2,1-2H3,(H2,27,33). The summed E-state index contributed by atoms with van der Waals surface area (Å²) < 4.78 is 20.6. The molecule has 3 heterocycles. The van der Waals surface area contributed by atoms with Gasteiger partial charge in [-0.1, -0.05) is 29.8 Å². The van der Waals surface area contributed by atoms with Gasteiger partial charge in [-0.05, 0) is 37.2 Å². The minimum atomic E-state index is -0.653.